The highest BCUT2D eigenvalue weighted by molar-refractivity contribution is 5.73. The number of methoxy groups -OCH3 is 1. The van der Waals surface area contributed by atoms with Crippen LogP contribution in [0.2, 0.25) is 0 Å². The van der Waals surface area contributed by atoms with Crippen LogP contribution in [0.25, 0.3) is 0 Å². The van der Waals surface area contributed by atoms with Crippen molar-refractivity contribution in [3.8, 4) is 0 Å². The summed E-state index contributed by atoms with van der Waals surface area (Å²) in [6, 6.07) is -0.307. The molecule has 0 spiro atoms. The topological polar surface area (TPSA) is 206 Å². The van der Waals surface area contributed by atoms with Crippen LogP contribution >= 0.6 is 0 Å². The van der Waals surface area contributed by atoms with Gasteiger partial charge in [0.2, 0.25) is 0 Å². The van der Waals surface area contributed by atoms with E-state index >= 15 is 0 Å². The van der Waals surface area contributed by atoms with Crippen LogP contribution in [0, 0.1) is 23.7 Å². The molecule has 52 heavy (non-hydrogen) atoms. The summed E-state index contributed by atoms with van der Waals surface area (Å²) < 4.78 is 37.2. The summed E-state index contributed by atoms with van der Waals surface area (Å²) in [7, 11) is 1.49. The molecule has 0 aromatic carbocycles. The molecule has 0 bridgehead atoms. The lowest BCUT2D eigenvalue weighted by molar-refractivity contribution is -0.316. The van der Waals surface area contributed by atoms with Crippen molar-refractivity contribution in [1.29, 1.82) is 0 Å². The van der Waals surface area contributed by atoms with Gasteiger partial charge in [0.05, 0.1) is 53.7 Å². The van der Waals surface area contributed by atoms with E-state index in [4.69, 9.17) is 28.4 Å². The number of aliphatic hydroxyl groups excluding tert-OH is 4. The summed E-state index contributed by atoms with van der Waals surface area (Å²) in [5.74, 6) is -4.12. The molecule has 0 radical (unpaired) electrons. The van der Waals surface area contributed by atoms with Crippen LogP contribution in [-0.4, -0.2) is 140 Å². The summed E-state index contributed by atoms with van der Waals surface area (Å²) in [4.78, 5) is 14.1. The number of aliphatic hydroxyl groups is 6. The van der Waals surface area contributed by atoms with Crippen LogP contribution in [-0.2, 0) is 33.2 Å². The van der Waals surface area contributed by atoms with Gasteiger partial charge in [-0.05, 0) is 66.7 Å². The van der Waals surface area contributed by atoms with Gasteiger partial charge in [-0.3, -0.25) is 4.79 Å². The average Bonchev–Trinajstić information content (AvgIpc) is 3.06. The number of hydrogen-bond donors (Lipinski definition) is 7. The Kier molecular flexibility index (Phi) is 15.6. The van der Waals surface area contributed by atoms with E-state index in [0.717, 1.165) is 0 Å². The van der Waals surface area contributed by atoms with E-state index in [1.54, 1.807) is 55.4 Å². The molecule has 0 saturated carbocycles. The Morgan fingerprint density at radius 3 is 2.06 bits per heavy atom. The van der Waals surface area contributed by atoms with Gasteiger partial charge >= 0.3 is 5.97 Å². The first-order valence-corrected chi connectivity index (χ1v) is 19.2. The van der Waals surface area contributed by atoms with E-state index in [9.17, 15) is 35.4 Å². The van der Waals surface area contributed by atoms with Crippen LogP contribution in [0.4, 0.5) is 0 Å². The quantitative estimate of drug-likeness (QED) is 0.178. The minimum atomic E-state index is -1.94. The van der Waals surface area contributed by atoms with Crippen LogP contribution in [0.15, 0.2) is 0 Å². The van der Waals surface area contributed by atoms with Crippen molar-refractivity contribution in [3.05, 3.63) is 0 Å². The lowest BCUT2D eigenvalue weighted by atomic mass is 9.73. The fourth-order valence-corrected chi connectivity index (χ4v) is 8.69. The Morgan fingerprint density at radius 1 is 0.885 bits per heavy atom. The third-order valence-electron chi connectivity index (χ3n) is 12.0. The fourth-order valence-electron chi connectivity index (χ4n) is 8.69. The van der Waals surface area contributed by atoms with Gasteiger partial charge in [0.15, 0.2) is 12.6 Å². The largest absolute Gasteiger partial charge is 0.459 e. The highest BCUT2D eigenvalue weighted by atomic mass is 16.7. The Bertz CT molecular complexity index is 1140. The number of carbonyl (C=O) groups is 1. The first-order valence-electron chi connectivity index (χ1n) is 19.2. The Balaban J connectivity index is 2.17. The molecule has 3 aliphatic heterocycles. The molecule has 0 aliphatic carbocycles. The number of hydrogen-bond acceptors (Lipinski definition) is 14. The summed E-state index contributed by atoms with van der Waals surface area (Å²) >= 11 is 0. The van der Waals surface area contributed by atoms with Gasteiger partial charge in [-0.25, -0.2) is 0 Å². The predicted molar refractivity (Wildman–Crippen MR) is 192 cm³/mol. The van der Waals surface area contributed by atoms with Gasteiger partial charge in [0.1, 0.15) is 23.9 Å². The van der Waals surface area contributed by atoms with Crippen LogP contribution in [0.5, 0.6) is 0 Å². The summed E-state index contributed by atoms with van der Waals surface area (Å²) in [6.45, 7) is 20.7. The third-order valence-corrected chi connectivity index (χ3v) is 12.0. The second-order valence-corrected chi connectivity index (χ2v) is 17.1. The minimum absolute atomic E-state index is 0.0396. The van der Waals surface area contributed by atoms with E-state index < -0.39 is 108 Å². The molecular formula is C38H71NO13. The van der Waals surface area contributed by atoms with Gasteiger partial charge in [-0.2, -0.15) is 0 Å². The van der Waals surface area contributed by atoms with Gasteiger partial charge in [-0.15, -0.1) is 0 Å². The average molecular weight is 750 g/mol. The van der Waals surface area contributed by atoms with E-state index in [0.29, 0.717) is 6.42 Å². The monoisotopic (exact) mass is 749 g/mol. The van der Waals surface area contributed by atoms with E-state index in [1.807, 2.05) is 20.8 Å². The molecule has 7 N–H and O–H groups in total. The van der Waals surface area contributed by atoms with Crippen molar-refractivity contribution in [1.82, 2.24) is 5.32 Å². The van der Waals surface area contributed by atoms with Gasteiger partial charge < -0.3 is 64.4 Å². The first kappa shape index (κ1) is 45.4. The van der Waals surface area contributed by atoms with Gasteiger partial charge in [0, 0.05) is 37.5 Å². The van der Waals surface area contributed by atoms with Crippen LogP contribution in [0.3, 0.4) is 0 Å². The van der Waals surface area contributed by atoms with Crippen molar-refractivity contribution in [3.63, 3.8) is 0 Å². The lowest BCUT2D eigenvalue weighted by Gasteiger charge is -2.49. The normalized spacial score (nSPS) is 50.4. The smallest absolute Gasteiger partial charge is 0.311 e. The highest BCUT2D eigenvalue weighted by Crippen LogP contribution is 2.41. The van der Waals surface area contributed by atoms with E-state index in [-0.39, 0.29) is 37.5 Å². The molecule has 0 unspecified atom stereocenters. The molecule has 0 amide bonds. The fraction of sp³-hybridized carbons (Fsp3) is 0.974. The van der Waals surface area contributed by atoms with E-state index in [2.05, 4.69) is 5.32 Å². The molecule has 3 aliphatic rings. The summed E-state index contributed by atoms with van der Waals surface area (Å²) in [6.07, 6.45) is -10.6. The Labute approximate surface area is 310 Å². The molecule has 3 heterocycles. The summed E-state index contributed by atoms with van der Waals surface area (Å²) in [5, 5.41) is 72.8. The Hall–Kier alpha value is -1.01. The molecule has 14 nitrogen and oxygen atoms in total. The maximum absolute atomic E-state index is 14.1. The second-order valence-electron chi connectivity index (χ2n) is 17.1. The first-order chi connectivity index (χ1) is 23.9. The van der Waals surface area contributed by atoms with Gasteiger partial charge in [0.25, 0.3) is 0 Å². The van der Waals surface area contributed by atoms with Crippen molar-refractivity contribution in [2.24, 2.45) is 23.7 Å². The SMILES string of the molecule is CC[C@H]1OC(=O)[C@H](C)[C@@H](O[C@@H]2C[C@@](C)(OC)[C@@H](O)[C@H](C)O2)[C@H](C)[C@@H](O[C@@H]2O[C@H](C)C[C@H](NC(C)C)[C@H]2O)[C@](C)(O)C[C@@H](C)[C@H](O)[C@H](C)[C@@H](O)[C@]1(C)O. The zero-order valence-electron chi connectivity index (χ0n) is 33.7. The zero-order chi connectivity index (χ0) is 39.7. The van der Waals surface area contributed by atoms with Crippen molar-refractivity contribution < 1.29 is 63.9 Å². The molecule has 3 rings (SSSR count). The van der Waals surface area contributed by atoms with Crippen LogP contribution < -0.4 is 5.32 Å². The molecule has 0 aromatic rings. The standard InChI is InChI=1S/C38H71NO13/c1-14-26-38(12,46)31(42)21(6)28(40)19(4)16-36(10,45)33(52-35-29(41)25(39-18(2)3)15-20(5)48-35)22(7)30(23(8)34(44)50-26)51-27-17-37(11,47-13)32(43)24(9)49-27/h18-33,35,39-43,45-46H,14-17H2,1-13H3/t19-,20-,21+,22+,23-,24+,25+,26-,27-,28+,29-,30+,31-,32+,33-,35+,36-,37-,38-/m1/s1. The van der Waals surface area contributed by atoms with E-state index in [1.165, 1.54) is 14.0 Å². The summed E-state index contributed by atoms with van der Waals surface area (Å²) in [5.41, 5.74) is -4.72. The number of esters is 1. The molecule has 306 valence electrons. The molecule has 3 fully saturated rings. The lowest BCUT2D eigenvalue weighted by Crippen LogP contribution is -2.61. The molecule has 3 saturated heterocycles. The number of rotatable bonds is 8. The molecule has 19 atom stereocenters. The Morgan fingerprint density at radius 2 is 1.50 bits per heavy atom. The van der Waals surface area contributed by atoms with Crippen LogP contribution in [0.1, 0.15) is 109 Å². The van der Waals surface area contributed by atoms with Crippen molar-refractivity contribution in [2.75, 3.05) is 7.11 Å². The zero-order valence-corrected chi connectivity index (χ0v) is 33.7. The molecule has 0 aromatic heterocycles. The number of nitrogens with one attached hydrogen (secondary N) is 1. The number of carbonyl (C=O) groups excluding carboxylic acids is 1. The molecule has 14 heteroatoms. The maximum atomic E-state index is 14.1. The van der Waals surface area contributed by atoms with Gasteiger partial charge in [-0.1, -0.05) is 41.5 Å². The van der Waals surface area contributed by atoms with Crippen molar-refractivity contribution in [2.45, 2.75) is 205 Å². The predicted octanol–water partition coefficient (Wildman–Crippen LogP) is 2.01. The third kappa shape index (κ3) is 10.0. The maximum Gasteiger partial charge on any atom is 0.311 e. The number of cyclic esters (lactones) is 1. The number of ether oxygens (including phenoxy) is 6. The minimum Gasteiger partial charge on any atom is -0.459 e. The highest BCUT2D eigenvalue weighted by Gasteiger charge is 2.53. The molecular weight excluding hydrogens is 678 g/mol. The second kappa shape index (κ2) is 17.8. The van der Waals surface area contributed by atoms with Crippen molar-refractivity contribution >= 4 is 5.97 Å².